The minimum atomic E-state index is -1.00. The standard InChI is InChI=1S/C34H34N4O4.ClH/c1-21-13-14-25-9-5-6-10-27(25)28(21)19-37-30-11-7-8-12-31(30)38(20-29(34(37)42)36-32(40)22(2)35-4)33(41)26-17-15-24(16-18-26)23(3)39;/h5-18,22,29,35H,19-20H2,1-4H3,(H,36,40);1H/t22?,29-;/m0./s1. The number of likely N-dealkylation sites (N-methyl/N-ethyl adjacent to an activating group) is 1. The first-order valence-electron chi connectivity index (χ1n) is 14.0. The molecule has 2 atom stereocenters. The Morgan fingerprint density at radius 1 is 0.884 bits per heavy atom. The van der Waals surface area contributed by atoms with E-state index in [2.05, 4.69) is 16.7 Å². The van der Waals surface area contributed by atoms with Crippen molar-refractivity contribution >= 4 is 58.1 Å². The minimum Gasteiger partial charge on any atom is -0.341 e. The van der Waals surface area contributed by atoms with E-state index in [1.54, 1.807) is 48.0 Å². The minimum absolute atomic E-state index is 0. The van der Waals surface area contributed by atoms with Gasteiger partial charge < -0.3 is 20.4 Å². The molecular formula is C34H35ClN4O4. The molecule has 0 aliphatic carbocycles. The van der Waals surface area contributed by atoms with Crippen LogP contribution in [0.3, 0.4) is 0 Å². The first kappa shape index (κ1) is 31.4. The summed E-state index contributed by atoms with van der Waals surface area (Å²) in [5.74, 6) is -1.09. The number of rotatable bonds is 7. The second kappa shape index (κ2) is 13.2. The molecule has 222 valence electrons. The zero-order valence-electron chi connectivity index (χ0n) is 24.6. The van der Waals surface area contributed by atoms with Crippen molar-refractivity contribution < 1.29 is 19.2 Å². The molecule has 0 bridgehead atoms. The number of hydrogen-bond donors (Lipinski definition) is 2. The summed E-state index contributed by atoms with van der Waals surface area (Å²) in [5.41, 5.74) is 4.02. The van der Waals surface area contributed by atoms with Crippen molar-refractivity contribution in [3.63, 3.8) is 0 Å². The molecule has 0 aromatic heterocycles. The molecule has 0 spiro atoms. The highest BCUT2D eigenvalue weighted by atomic mass is 35.5. The molecule has 4 aromatic rings. The van der Waals surface area contributed by atoms with E-state index in [1.807, 2.05) is 61.5 Å². The van der Waals surface area contributed by atoms with E-state index < -0.39 is 12.1 Å². The van der Waals surface area contributed by atoms with Crippen LogP contribution in [0.15, 0.2) is 84.9 Å². The third kappa shape index (κ3) is 6.30. The van der Waals surface area contributed by atoms with Gasteiger partial charge in [-0.15, -0.1) is 12.4 Å². The number of hydrogen-bond acceptors (Lipinski definition) is 5. The lowest BCUT2D eigenvalue weighted by Gasteiger charge is -2.27. The lowest BCUT2D eigenvalue weighted by molar-refractivity contribution is -0.128. The number of Topliss-reactive ketones (excluding diaryl/α,β-unsaturated/α-hetero) is 1. The van der Waals surface area contributed by atoms with Crippen molar-refractivity contribution in [3.05, 3.63) is 107 Å². The molecule has 1 unspecified atom stereocenters. The van der Waals surface area contributed by atoms with Crippen molar-refractivity contribution in [2.24, 2.45) is 0 Å². The molecule has 1 heterocycles. The maximum absolute atomic E-state index is 14.3. The highest BCUT2D eigenvalue weighted by Crippen LogP contribution is 2.36. The SMILES string of the molecule is CNC(C)C(=O)N[C@H]1CN(C(=O)c2ccc(C(C)=O)cc2)c2ccccc2N(Cc2c(C)ccc3ccccc23)C1=O.Cl. The molecule has 4 aromatic carbocycles. The van der Waals surface area contributed by atoms with Crippen LogP contribution < -0.4 is 20.4 Å². The van der Waals surface area contributed by atoms with Crippen LogP contribution in [-0.2, 0) is 16.1 Å². The lowest BCUT2D eigenvalue weighted by atomic mass is 9.99. The van der Waals surface area contributed by atoms with Gasteiger partial charge in [-0.25, -0.2) is 0 Å². The number of amides is 3. The molecule has 1 aliphatic heterocycles. The monoisotopic (exact) mass is 598 g/mol. The summed E-state index contributed by atoms with van der Waals surface area (Å²) in [7, 11) is 1.67. The first-order valence-corrected chi connectivity index (χ1v) is 14.0. The highest BCUT2D eigenvalue weighted by Gasteiger charge is 2.38. The summed E-state index contributed by atoms with van der Waals surface area (Å²) < 4.78 is 0. The topological polar surface area (TPSA) is 98.8 Å². The van der Waals surface area contributed by atoms with Crippen LogP contribution >= 0.6 is 12.4 Å². The van der Waals surface area contributed by atoms with E-state index in [1.165, 1.54) is 6.92 Å². The summed E-state index contributed by atoms with van der Waals surface area (Å²) >= 11 is 0. The molecular weight excluding hydrogens is 564 g/mol. The van der Waals surface area contributed by atoms with Crippen LogP contribution in [0.4, 0.5) is 11.4 Å². The molecule has 5 rings (SSSR count). The molecule has 0 saturated heterocycles. The molecule has 43 heavy (non-hydrogen) atoms. The zero-order chi connectivity index (χ0) is 30.0. The lowest BCUT2D eigenvalue weighted by Crippen LogP contribution is -2.55. The summed E-state index contributed by atoms with van der Waals surface area (Å²) in [5, 5.41) is 7.90. The van der Waals surface area contributed by atoms with Gasteiger partial charge in [0.1, 0.15) is 6.04 Å². The molecule has 9 heteroatoms. The maximum Gasteiger partial charge on any atom is 0.258 e. The van der Waals surface area contributed by atoms with Gasteiger partial charge in [-0.05, 0) is 74.0 Å². The molecule has 1 aliphatic rings. The molecule has 8 nitrogen and oxygen atoms in total. The Kier molecular flexibility index (Phi) is 9.63. The van der Waals surface area contributed by atoms with Gasteiger partial charge in [-0.2, -0.15) is 0 Å². The van der Waals surface area contributed by atoms with Gasteiger partial charge in [0.05, 0.1) is 30.5 Å². The van der Waals surface area contributed by atoms with Crippen LogP contribution in [0.2, 0.25) is 0 Å². The fourth-order valence-electron chi connectivity index (χ4n) is 5.29. The molecule has 2 N–H and O–H groups in total. The van der Waals surface area contributed by atoms with Gasteiger partial charge in [-0.1, -0.05) is 60.7 Å². The van der Waals surface area contributed by atoms with Crippen molar-refractivity contribution in [2.45, 2.75) is 39.4 Å². The summed E-state index contributed by atoms with van der Waals surface area (Å²) in [6.45, 7) is 5.40. The number of para-hydroxylation sites is 2. The average molecular weight is 599 g/mol. The number of carbonyl (C=O) groups excluding carboxylic acids is 4. The number of fused-ring (bicyclic) bond motifs is 2. The van der Waals surface area contributed by atoms with Gasteiger partial charge in [0.25, 0.3) is 11.8 Å². The fraction of sp³-hybridized carbons (Fsp3) is 0.235. The van der Waals surface area contributed by atoms with Crippen LogP contribution in [0, 0.1) is 6.92 Å². The largest absolute Gasteiger partial charge is 0.341 e. The summed E-state index contributed by atoms with van der Waals surface area (Å²) in [4.78, 5) is 56.4. The Balaban J connectivity index is 0.00000423. The van der Waals surface area contributed by atoms with Gasteiger partial charge in [0.2, 0.25) is 5.91 Å². The predicted octanol–water partition coefficient (Wildman–Crippen LogP) is 5.06. The van der Waals surface area contributed by atoms with Crippen molar-refractivity contribution in [3.8, 4) is 0 Å². The van der Waals surface area contributed by atoms with Crippen LogP contribution in [-0.4, -0.2) is 49.2 Å². The first-order chi connectivity index (χ1) is 20.2. The summed E-state index contributed by atoms with van der Waals surface area (Å²) in [6, 6.07) is 24.4. The Bertz CT molecular complexity index is 1690. The average Bonchev–Trinajstić information content (AvgIpc) is 3.12. The highest BCUT2D eigenvalue weighted by molar-refractivity contribution is 6.13. The third-order valence-corrected chi connectivity index (χ3v) is 7.91. The van der Waals surface area contributed by atoms with Gasteiger partial charge >= 0.3 is 0 Å². The fourth-order valence-corrected chi connectivity index (χ4v) is 5.29. The van der Waals surface area contributed by atoms with Crippen LogP contribution in [0.25, 0.3) is 10.8 Å². The Morgan fingerprint density at radius 2 is 1.51 bits per heavy atom. The Hall–Kier alpha value is -4.53. The number of benzene rings is 4. The van der Waals surface area contributed by atoms with E-state index in [0.717, 1.165) is 21.9 Å². The smallest absolute Gasteiger partial charge is 0.258 e. The number of carbonyl (C=O) groups is 4. The van der Waals surface area contributed by atoms with Gasteiger partial charge in [-0.3, -0.25) is 19.2 Å². The Labute approximate surface area is 257 Å². The van der Waals surface area contributed by atoms with Crippen molar-refractivity contribution in [2.75, 3.05) is 23.4 Å². The van der Waals surface area contributed by atoms with E-state index in [9.17, 15) is 19.2 Å². The van der Waals surface area contributed by atoms with E-state index >= 15 is 0 Å². The van der Waals surface area contributed by atoms with Crippen molar-refractivity contribution in [1.82, 2.24) is 10.6 Å². The third-order valence-electron chi connectivity index (χ3n) is 7.91. The second-order valence-electron chi connectivity index (χ2n) is 10.6. The zero-order valence-corrected chi connectivity index (χ0v) is 25.4. The normalized spacial score (nSPS) is 15.3. The predicted molar refractivity (Wildman–Crippen MR) is 172 cm³/mol. The number of anilines is 2. The number of halogens is 1. The summed E-state index contributed by atoms with van der Waals surface area (Å²) in [6.07, 6.45) is 0. The van der Waals surface area contributed by atoms with Crippen molar-refractivity contribution in [1.29, 1.82) is 0 Å². The van der Waals surface area contributed by atoms with E-state index in [4.69, 9.17) is 0 Å². The van der Waals surface area contributed by atoms with E-state index in [-0.39, 0.29) is 49.0 Å². The maximum atomic E-state index is 14.3. The quantitative estimate of drug-likeness (QED) is 0.290. The molecule has 0 saturated carbocycles. The number of nitrogens with zero attached hydrogens (tertiary/aromatic N) is 2. The van der Waals surface area contributed by atoms with Crippen LogP contribution in [0.1, 0.15) is 45.7 Å². The number of aryl methyl sites for hydroxylation is 1. The van der Waals surface area contributed by atoms with Gasteiger partial charge in [0.15, 0.2) is 5.78 Å². The molecule has 3 amide bonds. The van der Waals surface area contributed by atoms with Crippen LogP contribution in [0.5, 0.6) is 0 Å². The van der Waals surface area contributed by atoms with Gasteiger partial charge in [0, 0.05) is 11.1 Å². The second-order valence-corrected chi connectivity index (χ2v) is 10.6. The number of nitrogens with one attached hydrogen (secondary N) is 2. The Morgan fingerprint density at radius 3 is 2.19 bits per heavy atom. The molecule has 0 fully saturated rings. The van der Waals surface area contributed by atoms with E-state index in [0.29, 0.717) is 22.5 Å². The molecule has 0 radical (unpaired) electrons. The number of ketones is 1.